The first-order valence-corrected chi connectivity index (χ1v) is 11.2. The van der Waals surface area contributed by atoms with Gasteiger partial charge < -0.3 is 14.4 Å². The second kappa shape index (κ2) is 10.5. The van der Waals surface area contributed by atoms with E-state index in [0.29, 0.717) is 12.6 Å². The van der Waals surface area contributed by atoms with Crippen molar-refractivity contribution in [1.82, 2.24) is 14.7 Å². The van der Waals surface area contributed by atoms with Crippen molar-refractivity contribution >= 4 is 6.09 Å². The van der Waals surface area contributed by atoms with E-state index in [2.05, 4.69) is 37.1 Å². The Morgan fingerprint density at radius 1 is 1.27 bits per heavy atom. The van der Waals surface area contributed by atoms with E-state index in [1.807, 2.05) is 13.2 Å². The molecule has 0 saturated heterocycles. The molecule has 1 heterocycles. The quantitative estimate of drug-likeness (QED) is 0.575. The third-order valence-electron chi connectivity index (χ3n) is 5.88. The lowest BCUT2D eigenvalue weighted by atomic mass is 9.97. The highest BCUT2D eigenvalue weighted by atomic mass is 16.6. The van der Waals surface area contributed by atoms with Crippen LogP contribution in [0.2, 0.25) is 0 Å². The van der Waals surface area contributed by atoms with E-state index >= 15 is 0 Å². The van der Waals surface area contributed by atoms with Gasteiger partial charge >= 0.3 is 6.09 Å². The van der Waals surface area contributed by atoms with Crippen LogP contribution < -0.4 is 4.74 Å². The molecule has 2 aromatic rings. The highest BCUT2D eigenvalue weighted by molar-refractivity contribution is 5.69. The Kier molecular flexibility index (Phi) is 7.77. The molecule has 1 fully saturated rings. The lowest BCUT2D eigenvalue weighted by molar-refractivity contribution is 0.102. The predicted molar refractivity (Wildman–Crippen MR) is 119 cm³/mol. The molecule has 164 valence electrons. The summed E-state index contributed by atoms with van der Waals surface area (Å²) in [5, 5.41) is 4.39. The van der Waals surface area contributed by atoms with E-state index in [9.17, 15) is 4.79 Å². The van der Waals surface area contributed by atoms with Gasteiger partial charge in [0.15, 0.2) is 0 Å². The smallest absolute Gasteiger partial charge is 0.409 e. The molecular formula is C24H35N3O3. The van der Waals surface area contributed by atoms with Crippen molar-refractivity contribution in [3.63, 3.8) is 0 Å². The minimum absolute atomic E-state index is 0.195. The topological polar surface area (TPSA) is 56.6 Å². The summed E-state index contributed by atoms with van der Waals surface area (Å²) in [5.41, 5.74) is 4.03. The Morgan fingerprint density at radius 2 is 2.03 bits per heavy atom. The van der Waals surface area contributed by atoms with Gasteiger partial charge in [-0.25, -0.2) is 4.79 Å². The van der Waals surface area contributed by atoms with Crippen LogP contribution in [0.4, 0.5) is 4.79 Å². The third kappa shape index (κ3) is 5.55. The highest BCUT2D eigenvalue weighted by Crippen LogP contribution is 2.31. The molecule has 1 aliphatic rings. The minimum atomic E-state index is -0.303. The molecule has 6 nitrogen and oxygen atoms in total. The number of aryl methyl sites for hydroxylation is 2. The van der Waals surface area contributed by atoms with Crippen LogP contribution in [0, 0.1) is 6.92 Å². The normalized spacial score (nSPS) is 14.5. The van der Waals surface area contributed by atoms with Crippen molar-refractivity contribution in [2.24, 2.45) is 7.05 Å². The summed E-state index contributed by atoms with van der Waals surface area (Å²) in [6, 6.07) is 6.26. The first kappa shape index (κ1) is 22.2. The average molecular weight is 414 g/mol. The Balaban J connectivity index is 1.69. The second-order valence-electron chi connectivity index (χ2n) is 8.32. The van der Waals surface area contributed by atoms with Crippen molar-refractivity contribution in [2.45, 2.75) is 71.5 Å². The van der Waals surface area contributed by atoms with Crippen LogP contribution in [0.1, 0.15) is 63.1 Å². The zero-order valence-corrected chi connectivity index (χ0v) is 18.8. The number of benzene rings is 1. The Hall–Kier alpha value is -2.50. The van der Waals surface area contributed by atoms with Crippen LogP contribution >= 0.6 is 0 Å². The van der Waals surface area contributed by atoms with E-state index in [1.165, 1.54) is 19.3 Å². The van der Waals surface area contributed by atoms with Crippen LogP contribution in [0.3, 0.4) is 0 Å². The molecule has 0 atom stereocenters. The molecule has 0 unspecified atom stereocenters. The van der Waals surface area contributed by atoms with Gasteiger partial charge in [-0.3, -0.25) is 4.68 Å². The van der Waals surface area contributed by atoms with Crippen LogP contribution in [0.15, 0.2) is 24.4 Å². The molecule has 0 radical (unpaired) electrons. The number of carbonyl (C=O) groups excluding carboxylic acids is 1. The number of hydrogen-bond acceptors (Lipinski definition) is 4. The molecule has 0 bridgehead atoms. The van der Waals surface area contributed by atoms with E-state index < -0.39 is 0 Å². The van der Waals surface area contributed by atoms with Crippen molar-refractivity contribution in [3.05, 3.63) is 35.7 Å². The average Bonchev–Trinajstić information content (AvgIpc) is 3.12. The van der Waals surface area contributed by atoms with Gasteiger partial charge in [-0.05, 0) is 62.3 Å². The maximum absolute atomic E-state index is 12.2. The van der Waals surface area contributed by atoms with E-state index in [0.717, 1.165) is 53.8 Å². The monoisotopic (exact) mass is 413 g/mol. The number of unbranched alkanes of at least 4 members (excludes halogenated alkanes) is 1. The number of nitrogens with zero attached hydrogens (tertiary/aromatic N) is 3. The highest BCUT2D eigenvalue weighted by Gasteiger charge is 2.18. The Bertz CT molecular complexity index is 840. The molecule has 1 aromatic heterocycles. The van der Waals surface area contributed by atoms with Gasteiger partial charge in [-0.1, -0.05) is 25.8 Å². The molecular weight excluding hydrogens is 378 g/mol. The van der Waals surface area contributed by atoms with Gasteiger partial charge in [0, 0.05) is 26.2 Å². The van der Waals surface area contributed by atoms with E-state index in [4.69, 9.17) is 9.47 Å². The van der Waals surface area contributed by atoms with Gasteiger partial charge in [0.05, 0.1) is 18.0 Å². The molecule has 0 spiro atoms. The molecule has 1 amide bonds. The summed E-state index contributed by atoms with van der Waals surface area (Å²) in [7, 11) is 3.65. The summed E-state index contributed by atoms with van der Waals surface area (Å²) in [6.07, 6.45) is 10.0. The summed E-state index contributed by atoms with van der Waals surface area (Å²) >= 11 is 0. The molecule has 1 aliphatic carbocycles. The molecule has 3 rings (SSSR count). The van der Waals surface area contributed by atoms with Crippen molar-refractivity contribution in [1.29, 1.82) is 0 Å². The number of rotatable bonds is 8. The summed E-state index contributed by atoms with van der Waals surface area (Å²) in [5.74, 6) is 0.958. The van der Waals surface area contributed by atoms with Crippen LogP contribution in [0.25, 0.3) is 11.1 Å². The van der Waals surface area contributed by atoms with Crippen molar-refractivity contribution < 1.29 is 14.3 Å². The zero-order valence-electron chi connectivity index (χ0n) is 18.8. The molecule has 1 saturated carbocycles. The summed E-state index contributed by atoms with van der Waals surface area (Å²) < 4.78 is 13.6. The Labute approximate surface area is 180 Å². The maximum atomic E-state index is 12.2. The van der Waals surface area contributed by atoms with Crippen molar-refractivity contribution in [2.75, 3.05) is 13.6 Å². The minimum Gasteiger partial charge on any atom is -0.490 e. The number of amides is 1. The maximum Gasteiger partial charge on any atom is 0.409 e. The van der Waals surface area contributed by atoms with E-state index in [-0.39, 0.29) is 12.7 Å². The van der Waals surface area contributed by atoms with Gasteiger partial charge in [0.1, 0.15) is 12.4 Å². The number of hydrogen-bond donors (Lipinski definition) is 0. The largest absolute Gasteiger partial charge is 0.490 e. The van der Waals surface area contributed by atoms with Gasteiger partial charge in [0.25, 0.3) is 0 Å². The van der Waals surface area contributed by atoms with Gasteiger partial charge in [0.2, 0.25) is 0 Å². The molecule has 6 heteroatoms. The lowest BCUT2D eigenvalue weighted by Crippen LogP contribution is -2.28. The first-order chi connectivity index (χ1) is 14.5. The first-order valence-electron chi connectivity index (χ1n) is 11.2. The van der Waals surface area contributed by atoms with Crippen LogP contribution in [0.5, 0.6) is 5.75 Å². The van der Waals surface area contributed by atoms with Gasteiger partial charge in [-0.2, -0.15) is 5.10 Å². The van der Waals surface area contributed by atoms with Crippen LogP contribution in [-0.2, 0) is 18.4 Å². The SMILES string of the molecule is CCCCN(C)C(=O)OCc1c(-c2ccc(OC3CCCCC3)c(C)c2)cnn1C. The number of carbonyl (C=O) groups is 1. The molecule has 30 heavy (non-hydrogen) atoms. The van der Waals surface area contributed by atoms with Crippen molar-refractivity contribution in [3.8, 4) is 16.9 Å². The third-order valence-corrected chi connectivity index (χ3v) is 5.88. The number of ether oxygens (including phenoxy) is 2. The fraction of sp³-hybridized carbons (Fsp3) is 0.583. The fourth-order valence-corrected chi connectivity index (χ4v) is 3.91. The molecule has 0 N–H and O–H groups in total. The van der Waals surface area contributed by atoms with E-state index in [1.54, 1.807) is 16.6 Å². The molecule has 1 aromatic carbocycles. The summed E-state index contributed by atoms with van der Waals surface area (Å²) in [4.78, 5) is 13.9. The van der Waals surface area contributed by atoms with Gasteiger partial charge in [-0.15, -0.1) is 0 Å². The summed E-state index contributed by atoms with van der Waals surface area (Å²) in [6.45, 7) is 5.09. The second-order valence-corrected chi connectivity index (χ2v) is 8.32. The standard InChI is InChI=1S/C24H35N3O3/c1-5-6-14-26(3)24(28)29-17-22-21(16-25-27(22)4)19-12-13-23(18(2)15-19)30-20-10-8-7-9-11-20/h12-13,15-16,20H,5-11,14,17H2,1-4H3. The lowest BCUT2D eigenvalue weighted by Gasteiger charge is -2.24. The molecule has 0 aliphatic heterocycles. The predicted octanol–water partition coefficient (Wildman–Crippen LogP) is 5.48. The zero-order chi connectivity index (χ0) is 21.5. The van der Waals surface area contributed by atoms with Crippen LogP contribution in [-0.4, -0.2) is 40.5 Å². The fourth-order valence-electron chi connectivity index (χ4n) is 3.91. The number of aromatic nitrogens is 2. The Morgan fingerprint density at radius 3 is 2.73 bits per heavy atom.